The number of hydrogen-bond acceptors (Lipinski definition) is 1. The first-order chi connectivity index (χ1) is 6.52. The van der Waals surface area contributed by atoms with Crippen LogP contribution in [-0.4, -0.2) is 11.1 Å². The number of carboxylic acid groups (broad SMARTS) is 1. The van der Waals surface area contributed by atoms with Crippen LogP contribution in [0.1, 0.15) is 12.5 Å². The van der Waals surface area contributed by atoms with Gasteiger partial charge in [0.15, 0.2) is 11.6 Å². The summed E-state index contributed by atoms with van der Waals surface area (Å²) < 4.78 is 25.8. The molecule has 0 aliphatic rings. The van der Waals surface area contributed by atoms with Gasteiger partial charge in [-0.1, -0.05) is 12.1 Å². The largest absolute Gasteiger partial charge is 0.478 e. The lowest BCUT2D eigenvalue weighted by Gasteiger charge is -2.02. The number of halogens is 2. The third-order valence-electron chi connectivity index (χ3n) is 1.72. The average molecular weight is 198 g/mol. The average Bonchev–Trinajstić information content (AvgIpc) is 2.08. The molecule has 0 aliphatic carbocycles. The number of allylic oxidation sites excluding steroid dienone is 1. The van der Waals surface area contributed by atoms with E-state index in [1.54, 1.807) is 0 Å². The molecule has 0 fully saturated rings. The maximum absolute atomic E-state index is 13.1. The summed E-state index contributed by atoms with van der Waals surface area (Å²) in [7, 11) is 0. The molecule has 0 saturated heterocycles. The zero-order valence-electron chi connectivity index (χ0n) is 7.42. The fraction of sp³-hybridized carbons (Fsp3) is 0.100. The number of carbonyl (C=O) groups is 1. The third kappa shape index (κ3) is 2.16. The van der Waals surface area contributed by atoms with Crippen LogP contribution in [0.2, 0.25) is 0 Å². The normalized spacial score (nSPS) is 11.5. The second-order valence-electron chi connectivity index (χ2n) is 2.77. The zero-order chi connectivity index (χ0) is 10.7. The minimum absolute atomic E-state index is 0.0348. The first-order valence-corrected chi connectivity index (χ1v) is 3.88. The van der Waals surface area contributed by atoms with Crippen LogP contribution in [0.3, 0.4) is 0 Å². The van der Waals surface area contributed by atoms with Crippen molar-refractivity contribution in [2.24, 2.45) is 0 Å². The summed E-state index contributed by atoms with van der Waals surface area (Å²) in [6, 6.07) is 3.63. The van der Waals surface area contributed by atoms with Crippen LogP contribution < -0.4 is 0 Å². The van der Waals surface area contributed by atoms with E-state index in [2.05, 4.69) is 0 Å². The number of benzene rings is 1. The quantitative estimate of drug-likeness (QED) is 0.741. The number of aliphatic carboxylic acids is 1. The third-order valence-corrected chi connectivity index (χ3v) is 1.72. The number of hydrogen-bond donors (Lipinski definition) is 1. The Hall–Kier alpha value is -1.71. The Labute approximate surface area is 79.5 Å². The highest BCUT2D eigenvalue weighted by atomic mass is 19.2. The summed E-state index contributed by atoms with van der Waals surface area (Å²) >= 11 is 0. The molecule has 0 radical (unpaired) electrons. The van der Waals surface area contributed by atoms with Gasteiger partial charge in [0.2, 0.25) is 0 Å². The van der Waals surface area contributed by atoms with Gasteiger partial charge < -0.3 is 5.11 Å². The first kappa shape index (κ1) is 10.4. The Morgan fingerprint density at radius 2 is 2.07 bits per heavy atom. The minimum atomic E-state index is -1.19. The molecule has 1 rings (SSSR count). The first-order valence-electron chi connectivity index (χ1n) is 3.88. The van der Waals surface area contributed by atoms with Crippen molar-refractivity contribution in [3.05, 3.63) is 41.5 Å². The fourth-order valence-electron chi connectivity index (χ4n) is 1.07. The smallest absolute Gasteiger partial charge is 0.328 e. The van der Waals surface area contributed by atoms with Gasteiger partial charge >= 0.3 is 5.97 Å². The SMILES string of the molecule is CC(=CC(=O)O)c1cccc(F)c1F. The number of rotatable bonds is 2. The summed E-state index contributed by atoms with van der Waals surface area (Å²) in [5.41, 5.74) is 0.141. The van der Waals surface area contributed by atoms with E-state index in [-0.39, 0.29) is 11.1 Å². The van der Waals surface area contributed by atoms with Gasteiger partial charge in [-0.3, -0.25) is 0 Å². The molecule has 0 bridgehead atoms. The molecule has 74 valence electrons. The van der Waals surface area contributed by atoms with E-state index < -0.39 is 17.6 Å². The molecule has 1 aromatic rings. The van der Waals surface area contributed by atoms with E-state index in [9.17, 15) is 13.6 Å². The summed E-state index contributed by atoms with van der Waals surface area (Å²) in [6.07, 6.45) is 0.831. The molecule has 0 aromatic heterocycles. The van der Waals surface area contributed by atoms with Crippen molar-refractivity contribution in [1.82, 2.24) is 0 Å². The minimum Gasteiger partial charge on any atom is -0.478 e. The van der Waals surface area contributed by atoms with Crippen molar-refractivity contribution in [1.29, 1.82) is 0 Å². The Morgan fingerprint density at radius 3 is 2.64 bits per heavy atom. The Kier molecular flexibility index (Phi) is 2.96. The molecule has 0 saturated carbocycles. The molecule has 1 N–H and O–H groups in total. The van der Waals surface area contributed by atoms with Crippen molar-refractivity contribution in [2.45, 2.75) is 6.92 Å². The Morgan fingerprint density at radius 1 is 1.43 bits per heavy atom. The van der Waals surface area contributed by atoms with Crippen molar-refractivity contribution >= 4 is 11.5 Å². The topological polar surface area (TPSA) is 37.3 Å². The zero-order valence-corrected chi connectivity index (χ0v) is 7.42. The molecule has 14 heavy (non-hydrogen) atoms. The molecular weight excluding hydrogens is 190 g/mol. The maximum atomic E-state index is 13.1. The standard InChI is InChI=1S/C10H8F2O2/c1-6(5-9(13)14)7-3-2-4-8(11)10(7)12/h2-5H,1H3,(H,13,14). The lowest BCUT2D eigenvalue weighted by Crippen LogP contribution is -1.94. The molecule has 4 heteroatoms. The van der Waals surface area contributed by atoms with E-state index in [0.717, 1.165) is 12.1 Å². The van der Waals surface area contributed by atoms with Crippen LogP contribution in [0.15, 0.2) is 24.3 Å². The maximum Gasteiger partial charge on any atom is 0.328 e. The van der Waals surface area contributed by atoms with Crippen molar-refractivity contribution in [2.75, 3.05) is 0 Å². The molecule has 0 aliphatic heterocycles. The van der Waals surface area contributed by atoms with Crippen molar-refractivity contribution < 1.29 is 18.7 Å². The van der Waals surface area contributed by atoms with E-state index in [1.165, 1.54) is 19.1 Å². The van der Waals surface area contributed by atoms with E-state index >= 15 is 0 Å². The van der Waals surface area contributed by atoms with Gasteiger partial charge in [0.25, 0.3) is 0 Å². The predicted octanol–water partition coefficient (Wildman–Crippen LogP) is 2.45. The summed E-state index contributed by atoms with van der Waals surface area (Å²) in [6.45, 7) is 1.41. The van der Waals surface area contributed by atoms with E-state index in [1.807, 2.05) is 0 Å². The van der Waals surface area contributed by atoms with Gasteiger partial charge in [0.1, 0.15) is 0 Å². The van der Waals surface area contributed by atoms with Crippen LogP contribution in [0.4, 0.5) is 8.78 Å². The Bertz CT molecular complexity index is 397. The summed E-state index contributed by atoms with van der Waals surface area (Å²) in [5.74, 6) is -3.20. The van der Waals surface area contributed by atoms with Gasteiger partial charge in [-0.2, -0.15) is 0 Å². The van der Waals surface area contributed by atoms with Crippen LogP contribution in [-0.2, 0) is 4.79 Å². The highest BCUT2D eigenvalue weighted by Gasteiger charge is 2.09. The second-order valence-corrected chi connectivity index (χ2v) is 2.77. The van der Waals surface area contributed by atoms with Crippen LogP contribution in [0.25, 0.3) is 5.57 Å². The second kappa shape index (κ2) is 4.00. The summed E-state index contributed by atoms with van der Waals surface area (Å²) in [5, 5.41) is 8.41. The van der Waals surface area contributed by atoms with Gasteiger partial charge in [0, 0.05) is 11.6 Å². The van der Waals surface area contributed by atoms with Crippen molar-refractivity contribution in [3.8, 4) is 0 Å². The number of carboxylic acids is 1. The molecule has 0 unspecified atom stereocenters. The molecular formula is C10H8F2O2. The highest BCUT2D eigenvalue weighted by molar-refractivity contribution is 5.89. The molecule has 0 spiro atoms. The van der Waals surface area contributed by atoms with Gasteiger partial charge in [-0.05, 0) is 18.6 Å². The monoisotopic (exact) mass is 198 g/mol. The van der Waals surface area contributed by atoms with E-state index in [0.29, 0.717) is 0 Å². The van der Waals surface area contributed by atoms with E-state index in [4.69, 9.17) is 5.11 Å². The van der Waals surface area contributed by atoms with Crippen LogP contribution in [0.5, 0.6) is 0 Å². The molecule has 2 nitrogen and oxygen atoms in total. The van der Waals surface area contributed by atoms with Crippen LogP contribution in [0, 0.1) is 11.6 Å². The molecule has 1 aromatic carbocycles. The van der Waals surface area contributed by atoms with Gasteiger partial charge in [-0.25, -0.2) is 13.6 Å². The predicted molar refractivity (Wildman–Crippen MR) is 47.6 cm³/mol. The lowest BCUT2D eigenvalue weighted by atomic mass is 10.1. The lowest BCUT2D eigenvalue weighted by molar-refractivity contribution is -0.131. The van der Waals surface area contributed by atoms with Crippen LogP contribution >= 0.6 is 0 Å². The molecule has 0 amide bonds. The Balaban J connectivity index is 3.20. The van der Waals surface area contributed by atoms with Gasteiger partial charge in [-0.15, -0.1) is 0 Å². The molecule has 0 heterocycles. The highest BCUT2D eigenvalue weighted by Crippen LogP contribution is 2.19. The summed E-state index contributed by atoms with van der Waals surface area (Å²) in [4.78, 5) is 10.3. The van der Waals surface area contributed by atoms with Crippen molar-refractivity contribution in [3.63, 3.8) is 0 Å². The molecule has 0 atom stereocenters. The fourth-order valence-corrected chi connectivity index (χ4v) is 1.07. The van der Waals surface area contributed by atoms with Gasteiger partial charge in [0.05, 0.1) is 0 Å².